The second-order valence-corrected chi connectivity index (χ2v) is 6.50. The van der Waals surface area contributed by atoms with Crippen molar-refractivity contribution in [3.63, 3.8) is 0 Å². The third-order valence-corrected chi connectivity index (χ3v) is 4.39. The van der Waals surface area contributed by atoms with Crippen LogP contribution in [0, 0.1) is 13.8 Å². The fourth-order valence-electron chi connectivity index (χ4n) is 3.17. The van der Waals surface area contributed by atoms with Crippen molar-refractivity contribution < 1.29 is 4.79 Å². The molecule has 1 amide bonds. The number of carbonyl (C=O) groups is 1. The van der Waals surface area contributed by atoms with Crippen molar-refractivity contribution in [3.05, 3.63) is 29.3 Å². The fraction of sp³-hybridized carbons (Fsp3) is 0.556. The van der Waals surface area contributed by atoms with Gasteiger partial charge in [0.1, 0.15) is 6.54 Å². The molecule has 0 aliphatic heterocycles. The number of hydrogen-bond donors (Lipinski definition) is 2. The van der Waals surface area contributed by atoms with E-state index in [1.165, 1.54) is 19.3 Å². The summed E-state index contributed by atoms with van der Waals surface area (Å²) in [5.74, 6) is 0.308. The number of guanidine groups is 1. The zero-order chi connectivity index (χ0) is 16.8. The predicted molar refractivity (Wildman–Crippen MR) is 95.7 cm³/mol. The van der Waals surface area contributed by atoms with Crippen LogP contribution in [0.15, 0.2) is 23.2 Å². The lowest BCUT2D eigenvalue weighted by molar-refractivity contribution is -0.130. The van der Waals surface area contributed by atoms with E-state index in [-0.39, 0.29) is 18.4 Å². The van der Waals surface area contributed by atoms with E-state index in [2.05, 4.69) is 16.4 Å². The molecule has 5 nitrogen and oxygen atoms in total. The fourth-order valence-corrected chi connectivity index (χ4v) is 3.17. The van der Waals surface area contributed by atoms with Crippen LogP contribution in [0.25, 0.3) is 0 Å². The molecule has 1 fully saturated rings. The van der Waals surface area contributed by atoms with Crippen LogP contribution >= 0.6 is 0 Å². The third kappa shape index (κ3) is 5.27. The average Bonchev–Trinajstić information content (AvgIpc) is 2.51. The van der Waals surface area contributed by atoms with E-state index in [4.69, 9.17) is 5.73 Å². The maximum atomic E-state index is 12.2. The summed E-state index contributed by atoms with van der Waals surface area (Å²) in [6.07, 6.45) is 5.90. The van der Waals surface area contributed by atoms with Crippen molar-refractivity contribution in [2.24, 2.45) is 10.7 Å². The van der Waals surface area contributed by atoms with Crippen molar-refractivity contribution in [2.45, 2.75) is 52.0 Å². The number of nitrogens with zero attached hydrogens (tertiary/aromatic N) is 2. The van der Waals surface area contributed by atoms with Crippen LogP contribution in [0.5, 0.6) is 0 Å². The summed E-state index contributed by atoms with van der Waals surface area (Å²) in [7, 11) is 1.88. The molecule has 2 rings (SSSR count). The summed E-state index contributed by atoms with van der Waals surface area (Å²) in [5, 5.41) is 3.05. The Labute approximate surface area is 139 Å². The number of nitrogens with two attached hydrogens (primary N) is 1. The van der Waals surface area contributed by atoms with E-state index in [1.54, 1.807) is 0 Å². The quantitative estimate of drug-likeness (QED) is 0.663. The van der Waals surface area contributed by atoms with E-state index in [1.807, 2.05) is 37.9 Å². The molecule has 0 heterocycles. The summed E-state index contributed by atoms with van der Waals surface area (Å²) >= 11 is 0. The highest BCUT2D eigenvalue weighted by Gasteiger charge is 2.21. The van der Waals surface area contributed by atoms with Crippen LogP contribution in [0.1, 0.15) is 43.2 Å². The third-order valence-electron chi connectivity index (χ3n) is 4.39. The first kappa shape index (κ1) is 17.3. The maximum absolute atomic E-state index is 12.2. The van der Waals surface area contributed by atoms with Gasteiger partial charge in [0.15, 0.2) is 5.96 Å². The Morgan fingerprint density at radius 2 is 1.83 bits per heavy atom. The monoisotopic (exact) mass is 316 g/mol. The van der Waals surface area contributed by atoms with Crippen LogP contribution in [0.3, 0.4) is 0 Å². The summed E-state index contributed by atoms with van der Waals surface area (Å²) < 4.78 is 0. The molecule has 0 aromatic heterocycles. The second kappa shape index (κ2) is 7.99. The van der Waals surface area contributed by atoms with E-state index in [0.717, 1.165) is 29.7 Å². The molecule has 0 spiro atoms. The summed E-state index contributed by atoms with van der Waals surface area (Å²) in [4.78, 5) is 18.3. The minimum absolute atomic E-state index is 0.0297. The molecule has 1 aromatic rings. The van der Waals surface area contributed by atoms with Gasteiger partial charge in [-0.15, -0.1) is 0 Å². The van der Waals surface area contributed by atoms with Crippen molar-refractivity contribution in [1.29, 1.82) is 0 Å². The lowest BCUT2D eigenvalue weighted by Crippen LogP contribution is -2.40. The lowest BCUT2D eigenvalue weighted by Gasteiger charge is -2.30. The molecule has 126 valence electrons. The molecule has 0 radical (unpaired) electrons. The number of amides is 1. The van der Waals surface area contributed by atoms with Crippen LogP contribution in [-0.4, -0.2) is 36.4 Å². The van der Waals surface area contributed by atoms with Crippen LogP contribution in [0.4, 0.5) is 5.69 Å². The average molecular weight is 316 g/mol. The van der Waals surface area contributed by atoms with Gasteiger partial charge >= 0.3 is 0 Å². The van der Waals surface area contributed by atoms with Gasteiger partial charge in [0.05, 0.1) is 0 Å². The first-order valence-electron chi connectivity index (χ1n) is 8.36. The van der Waals surface area contributed by atoms with Gasteiger partial charge in [-0.1, -0.05) is 25.3 Å². The van der Waals surface area contributed by atoms with Gasteiger partial charge in [-0.25, -0.2) is 4.99 Å². The van der Waals surface area contributed by atoms with Gasteiger partial charge in [-0.2, -0.15) is 0 Å². The SMILES string of the molecule is Cc1cc(C)cc(NC(N)=NCC(=O)N(C)C2CCCCC2)c1. The second-order valence-electron chi connectivity index (χ2n) is 6.50. The minimum atomic E-state index is 0.0297. The first-order chi connectivity index (χ1) is 11.0. The van der Waals surface area contributed by atoms with Crippen LogP contribution in [-0.2, 0) is 4.79 Å². The van der Waals surface area contributed by atoms with Crippen molar-refractivity contribution >= 4 is 17.6 Å². The Balaban J connectivity index is 1.89. The highest BCUT2D eigenvalue weighted by atomic mass is 16.2. The summed E-state index contributed by atoms with van der Waals surface area (Å²) in [6.45, 7) is 4.17. The highest BCUT2D eigenvalue weighted by molar-refractivity contribution is 5.94. The van der Waals surface area contributed by atoms with E-state index < -0.39 is 0 Å². The Kier molecular flexibility index (Phi) is 6.02. The topological polar surface area (TPSA) is 70.7 Å². The van der Waals surface area contributed by atoms with E-state index in [0.29, 0.717) is 6.04 Å². The number of carbonyl (C=O) groups excluding carboxylic acids is 1. The summed E-state index contributed by atoms with van der Waals surface area (Å²) in [6, 6.07) is 6.47. The lowest BCUT2D eigenvalue weighted by atomic mass is 9.94. The first-order valence-corrected chi connectivity index (χ1v) is 8.36. The van der Waals surface area contributed by atoms with Gasteiger partial charge in [0.25, 0.3) is 0 Å². The smallest absolute Gasteiger partial charge is 0.244 e. The van der Waals surface area contributed by atoms with Crippen molar-refractivity contribution in [3.8, 4) is 0 Å². The van der Waals surface area contributed by atoms with Gasteiger partial charge in [-0.05, 0) is 49.9 Å². The molecular formula is C18H28N4O. The number of aliphatic imine (C=N–C) groups is 1. The normalized spacial score (nSPS) is 16.2. The number of anilines is 1. The van der Waals surface area contributed by atoms with E-state index >= 15 is 0 Å². The molecule has 1 saturated carbocycles. The molecule has 3 N–H and O–H groups in total. The van der Waals surface area contributed by atoms with Crippen LogP contribution < -0.4 is 11.1 Å². The number of benzene rings is 1. The van der Waals surface area contributed by atoms with Crippen molar-refractivity contribution in [2.75, 3.05) is 18.9 Å². The minimum Gasteiger partial charge on any atom is -0.370 e. The number of likely N-dealkylation sites (N-methyl/N-ethyl adjacent to an activating group) is 1. The standard InChI is InChI=1S/C18H28N4O/c1-13-9-14(2)11-15(10-13)21-18(19)20-12-17(23)22(3)16-7-5-4-6-8-16/h9-11,16H,4-8,12H2,1-3H3,(H3,19,20,21). The predicted octanol–water partition coefficient (Wildman–Crippen LogP) is 2.82. The maximum Gasteiger partial charge on any atom is 0.244 e. The molecule has 0 unspecified atom stereocenters. The Bertz CT molecular complexity index is 556. The molecule has 1 aromatic carbocycles. The number of nitrogens with one attached hydrogen (secondary N) is 1. The molecule has 0 bridgehead atoms. The van der Waals surface area contributed by atoms with Gasteiger partial charge in [0.2, 0.25) is 5.91 Å². The molecule has 1 aliphatic carbocycles. The molecule has 5 heteroatoms. The Morgan fingerprint density at radius 1 is 1.22 bits per heavy atom. The van der Waals surface area contributed by atoms with Gasteiger partial charge in [-0.3, -0.25) is 4.79 Å². The summed E-state index contributed by atoms with van der Waals surface area (Å²) in [5.41, 5.74) is 9.12. The van der Waals surface area contributed by atoms with Gasteiger partial charge in [0, 0.05) is 18.8 Å². The number of hydrogen-bond acceptors (Lipinski definition) is 2. The Hall–Kier alpha value is -2.04. The molecule has 23 heavy (non-hydrogen) atoms. The highest BCUT2D eigenvalue weighted by Crippen LogP contribution is 2.21. The largest absolute Gasteiger partial charge is 0.370 e. The van der Waals surface area contributed by atoms with E-state index in [9.17, 15) is 4.79 Å². The number of aryl methyl sites for hydroxylation is 2. The molecule has 0 saturated heterocycles. The molecular weight excluding hydrogens is 288 g/mol. The van der Waals surface area contributed by atoms with Crippen LogP contribution in [0.2, 0.25) is 0 Å². The zero-order valence-corrected chi connectivity index (χ0v) is 14.4. The van der Waals surface area contributed by atoms with Gasteiger partial charge < -0.3 is 16.0 Å². The zero-order valence-electron chi connectivity index (χ0n) is 14.4. The molecule has 0 atom stereocenters. The molecule has 1 aliphatic rings. The number of rotatable bonds is 4. The Morgan fingerprint density at radius 3 is 2.43 bits per heavy atom. The van der Waals surface area contributed by atoms with Crippen molar-refractivity contribution in [1.82, 2.24) is 4.90 Å².